The molecule has 0 unspecified atom stereocenters. The Morgan fingerprint density at radius 3 is 2.50 bits per heavy atom. The summed E-state index contributed by atoms with van der Waals surface area (Å²) in [5, 5.41) is 0. The second kappa shape index (κ2) is 7.75. The number of rotatable bonds is 6. The largest absolute Gasteiger partial charge is 0.283 e. The van der Waals surface area contributed by atoms with Crippen LogP contribution >= 0.6 is 0 Å². The molecule has 2 aromatic rings. The first-order chi connectivity index (χ1) is 13.1. The Morgan fingerprint density at radius 1 is 1.04 bits per heavy atom. The van der Waals surface area contributed by atoms with Crippen molar-refractivity contribution in [3.63, 3.8) is 0 Å². The lowest BCUT2D eigenvalue weighted by atomic mass is 10.0. The molecular formula is C20H26N2O4S2. The molecule has 1 aliphatic heterocycles. The van der Waals surface area contributed by atoms with E-state index in [4.69, 9.17) is 0 Å². The van der Waals surface area contributed by atoms with Gasteiger partial charge in [-0.15, -0.1) is 0 Å². The van der Waals surface area contributed by atoms with E-state index in [0.29, 0.717) is 17.9 Å². The number of benzene rings is 2. The number of sulfonamides is 2. The number of nitrogens with one attached hydrogen (secondary N) is 1. The molecule has 2 aromatic carbocycles. The minimum atomic E-state index is -3.63. The first-order valence-corrected chi connectivity index (χ1v) is 12.6. The zero-order valence-electron chi connectivity index (χ0n) is 16.4. The third-order valence-corrected chi connectivity index (χ3v) is 8.00. The van der Waals surface area contributed by atoms with Gasteiger partial charge in [-0.25, -0.2) is 16.8 Å². The van der Waals surface area contributed by atoms with Gasteiger partial charge in [-0.3, -0.25) is 9.03 Å². The van der Waals surface area contributed by atoms with E-state index >= 15 is 0 Å². The number of aryl methyl sites for hydroxylation is 3. The second-order valence-electron chi connectivity index (χ2n) is 7.21. The van der Waals surface area contributed by atoms with Crippen LogP contribution in [-0.2, 0) is 32.2 Å². The van der Waals surface area contributed by atoms with E-state index in [1.807, 2.05) is 38.1 Å². The van der Waals surface area contributed by atoms with Gasteiger partial charge in [-0.1, -0.05) is 29.8 Å². The summed E-state index contributed by atoms with van der Waals surface area (Å²) in [6.07, 6.45) is 1.53. The van der Waals surface area contributed by atoms with Gasteiger partial charge < -0.3 is 0 Å². The number of nitrogens with zero attached hydrogens (tertiary/aromatic N) is 1. The smallest absolute Gasteiger partial charge is 0.236 e. The lowest BCUT2D eigenvalue weighted by Crippen LogP contribution is -2.36. The van der Waals surface area contributed by atoms with Gasteiger partial charge in [-0.05, 0) is 62.4 Å². The van der Waals surface area contributed by atoms with Crippen molar-refractivity contribution in [2.24, 2.45) is 0 Å². The average molecular weight is 423 g/mol. The molecule has 0 bridgehead atoms. The summed E-state index contributed by atoms with van der Waals surface area (Å²) in [5.74, 6) is -0.121. The number of hydrogen-bond donors (Lipinski definition) is 1. The molecule has 152 valence electrons. The molecule has 1 N–H and O–H groups in total. The van der Waals surface area contributed by atoms with E-state index in [9.17, 15) is 16.8 Å². The Labute approximate surface area is 167 Å². The first kappa shape index (κ1) is 20.7. The highest BCUT2D eigenvalue weighted by Crippen LogP contribution is 2.32. The van der Waals surface area contributed by atoms with Gasteiger partial charge in [0, 0.05) is 6.54 Å². The standard InChI is InChI=1S/C20H26N2O4S2/c1-4-28(25,26)22-11-5-6-17-9-10-19(13-20(17)22)21-27(23,24)14-18-12-15(2)7-8-16(18)3/h7-10,12-13,21H,4-6,11,14H2,1-3H3. The molecule has 3 rings (SSSR count). The van der Waals surface area contributed by atoms with Crippen LogP contribution in [0.2, 0.25) is 0 Å². The van der Waals surface area contributed by atoms with E-state index in [-0.39, 0.29) is 11.5 Å². The van der Waals surface area contributed by atoms with Crippen molar-refractivity contribution in [3.8, 4) is 0 Å². The highest BCUT2D eigenvalue weighted by atomic mass is 32.2. The molecule has 0 saturated carbocycles. The van der Waals surface area contributed by atoms with Crippen LogP contribution in [0.15, 0.2) is 36.4 Å². The van der Waals surface area contributed by atoms with Gasteiger partial charge in [0.15, 0.2) is 0 Å². The molecule has 28 heavy (non-hydrogen) atoms. The molecule has 8 heteroatoms. The third-order valence-electron chi connectivity index (χ3n) is 4.99. The molecule has 0 fully saturated rings. The molecule has 0 aliphatic carbocycles. The molecule has 0 aromatic heterocycles. The quantitative estimate of drug-likeness (QED) is 0.774. The minimum Gasteiger partial charge on any atom is -0.283 e. The summed E-state index contributed by atoms with van der Waals surface area (Å²) >= 11 is 0. The molecule has 0 atom stereocenters. The van der Waals surface area contributed by atoms with Gasteiger partial charge in [-0.2, -0.15) is 0 Å². The number of hydrogen-bond acceptors (Lipinski definition) is 4. The maximum Gasteiger partial charge on any atom is 0.236 e. The lowest BCUT2D eigenvalue weighted by Gasteiger charge is -2.30. The van der Waals surface area contributed by atoms with Crippen LogP contribution in [-0.4, -0.2) is 29.1 Å². The van der Waals surface area contributed by atoms with Crippen molar-refractivity contribution in [2.75, 3.05) is 21.3 Å². The van der Waals surface area contributed by atoms with Gasteiger partial charge in [0.25, 0.3) is 0 Å². The Bertz CT molecular complexity index is 1090. The maximum absolute atomic E-state index is 12.7. The van der Waals surface area contributed by atoms with Crippen LogP contribution in [0.1, 0.15) is 35.6 Å². The van der Waals surface area contributed by atoms with Crippen LogP contribution < -0.4 is 9.03 Å². The van der Waals surface area contributed by atoms with Crippen LogP contribution in [0.4, 0.5) is 11.4 Å². The van der Waals surface area contributed by atoms with Crippen LogP contribution in [0.25, 0.3) is 0 Å². The van der Waals surface area contributed by atoms with Gasteiger partial charge in [0.05, 0.1) is 22.9 Å². The normalized spacial score (nSPS) is 14.6. The minimum absolute atomic E-state index is 0.00896. The first-order valence-electron chi connectivity index (χ1n) is 9.31. The van der Waals surface area contributed by atoms with Crippen molar-refractivity contribution in [3.05, 3.63) is 58.7 Å². The van der Waals surface area contributed by atoms with E-state index in [0.717, 1.165) is 35.1 Å². The van der Waals surface area contributed by atoms with Crippen molar-refractivity contribution >= 4 is 31.4 Å². The summed E-state index contributed by atoms with van der Waals surface area (Å²) in [5.41, 5.74) is 4.54. The Kier molecular flexibility index (Phi) is 5.72. The second-order valence-corrected chi connectivity index (χ2v) is 11.1. The SMILES string of the molecule is CCS(=O)(=O)N1CCCc2ccc(NS(=O)(=O)Cc3cc(C)ccc3C)cc21. The summed E-state index contributed by atoms with van der Waals surface area (Å²) in [4.78, 5) is 0. The zero-order chi connectivity index (χ0) is 20.5. The fraction of sp³-hybridized carbons (Fsp3) is 0.400. The average Bonchev–Trinajstić information content (AvgIpc) is 2.63. The number of anilines is 2. The third kappa shape index (κ3) is 4.50. The van der Waals surface area contributed by atoms with E-state index < -0.39 is 20.0 Å². The lowest BCUT2D eigenvalue weighted by molar-refractivity contribution is 0.587. The van der Waals surface area contributed by atoms with Gasteiger partial charge in [0.2, 0.25) is 20.0 Å². The highest BCUT2D eigenvalue weighted by molar-refractivity contribution is 7.92. The summed E-state index contributed by atoms with van der Waals surface area (Å²) in [6.45, 7) is 5.84. The van der Waals surface area contributed by atoms with E-state index in [1.165, 1.54) is 4.31 Å². The zero-order valence-corrected chi connectivity index (χ0v) is 18.0. The molecule has 0 radical (unpaired) electrons. The Balaban J connectivity index is 1.89. The summed E-state index contributed by atoms with van der Waals surface area (Å²) in [7, 11) is -7.03. The summed E-state index contributed by atoms with van der Waals surface area (Å²) < 4.78 is 54.2. The molecule has 6 nitrogen and oxygen atoms in total. The van der Waals surface area contributed by atoms with Crippen molar-refractivity contribution < 1.29 is 16.8 Å². The fourth-order valence-corrected chi connectivity index (χ4v) is 5.89. The van der Waals surface area contributed by atoms with E-state index in [2.05, 4.69) is 4.72 Å². The molecule has 1 aliphatic rings. The van der Waals surface area contributed by atoms with Crippen LogP contribution in [0, 0.1) is 13.8 Å². The Hall–Kier alpha value is -2.06. The van der Waals surface area contributed by atoms with Gasteiger partial charge >= 0.3 is 0 Å². The molecular weight excluding hydrogens is 396 g/mol. The molecule has 0 amide bonds. The maximum atomic E-state index is 12.7. The van der Waals surface area contributed by atoms with Crippen molar-refractivity contribution in [2.45, 2.75) is 39.4 Å². The Morgan fingerprint density at radius 2 is 1.79 bits per heavy atom. The van der Waals surface area contributed by atoms with E-state index in [1.54, 1.807) is 19.1 Å². The highest BCUT2D eigenvalue weighted by Gasteiger charge is 2.26. The van der Waals surface area contributed by atoms with Crippen LogP contribution in [0.5, 0.6) is 0 Å². The van der Waals surface area contributed by atoms with Crippen molar-refractivity contribution in [1.82, 2.24) is 0 Å². The topological polar surface area (TPSA) is 83.6 Å². The summed E-state index contributed by atoms with van der Waals surface area (Å²) in [6, 6.07) is 10.9. The van der Waals surface area contributed by atoms with Crippen LogP contribution in [0.3, 0.4) is 0 Å². The molecule has 0 saturated heterocycles. The number of fused-ring (bicyclic) bond motifs is 1. The predicted molar refractivity (Wildman–Crippen MR) is 114 cm³/mol. The van der Waals surface area contributed by atoms with Crippen molar-refractivity contribution in [1.29, 1.82) is 0 Å². The van der Waals surface area contributed by atoms with Gasteiger partial charge in [0.1, 0.15) is 0 Å². The molecule has 1 heterocycles. The fourth-order valence-electron chi connectivity index (χ4n) is 3.43. The monoisotopic (exact) mass is 422 g/mol. The molecule has 0 spiro atoms. The predicted octanol–water partition coefficient (Wildman–Crippen LogP) is 3.35.